The summed E-state index contributed by atoms with van der Waals surface area (Å²) in [6.07, 6.45) is 1.08. The Kier molecular flexibility index (Phi) is 6.77. The van der Waals surface area contributed by atoms with E-state index in [9.17, 15) is 9.90 Å². The monoisotopic (exact) mass is 373 g/mol. The Morgan fingerprint density at radius 3 is 2.69 bits per heavy atom. The zero-order chi connectivity index (χ0) is 19.1. The number of anilines is 1. The maximum absolute atomic E-state index is 11.7. The van der Waals surface area contributed by atoms with Gasteiger partial charge in [0.05, 0.1) is 0 Å². The molecular formula is C19H20ClN3O3. The average molecular weight is 374 g/mol. The SMILES string of the molecule is C=CC/C(C)=N\N(N)c1cc(Cl)ccc1O[C@H](C(=O)O)c1ccccc1. The van der Waals surface area contributed by atoms with Gasteiger partial charge in [0.15, 0.2) is 0 Å². The lowest BCUT2D eigenvalue weighted by molar-refractivity contribution is -0.145. The highest BCUT2D eigenvalue weighted by Gasteiger charge is 2.24. The number of carboxylic acids is 1. The minimum absolute atomic E-state index is 0.253. The molecule has 0 fully saturated rings. The Morgan fingerprint density at radius 2 is 2.08 bits per heavy atom. The van der Waals surface area contributed by atoms with Gasteiger partial charge in [0.2, 0.25) is 6.10 Å². The summed E-state index contributed by atoms with van der Waals surface area (Å²) in [5.41, 5.74) is 1.59. The first kappa shape index (κ1) is 19.5. The summed E-state index contributed by atoms with van der Waals surface area (Å²) in [6.45, 7) is 5.46. The van der Waals surface area contributed by atoms with Crippen LogP contribution in [0.1, 0.15) is 25.0 Å². The normalized spacial score (nSPS) is 12.3. The molecule has 0 saturated heterocycles. The second kappa shape index (κ2) is 9.03. The minimum atomic E-state index is -1.19. The molecule has 6 nitrogen and oxygen atoms in total. The van der Waals surface area contributed by atoms with Gasteiger partial charge in [0, 0.05) is 22.7 Å². The molecule has 0 aromatic heterocycles. The Bertz CT molecular complexity index is 809. The van der Waals surface area contributed by atoms with Crippen molar-refractivity contribution in [1.29, 1.82) is 0 Å². The topological polar surface area (TPSA) is 88.1 Å². The molecule has 0 bridgehead atoms. The lowest BCUT2D eigenvalue weighted by Gasteiger charge is -2.21. The van der Waals surface area contributed by atoms with Gasteiger partial charge in [-0.25, -0.2) is 10.6 Å². The molecule has 0 unspecified atom stereocenters. The zero-order valence-corrected chi connectivity index (χ0v) is 15.1. The van der Waals surface area contributed by atoms with Gasteiger partial charge in [-0.15, -0.1) is 6.58 Å². The number of halogens is 1. The number of hydrazone groups is 1. The summed E-state index contributed by atoms with van der Waals surface area (Å²) in [7, 11) is 0. The molecule has 136 valence electrons. The van der Waals surface area contributed by atoms with E-state index in [0.717, 1.165) is 10.8 Å². The fourth-order valence-corrected chi connectivity index (χ4v) is 2.44. The predicted octanol–water partition coefficient (Wildman–Crippen LogP) is 4.18. The summed E-state index contributed by atoms with van der Waals surface area (Å²) in [4.78, 5) is 11.7. The quantitative estimate of drug-likeness (QED) is 0.313. The number of carbonyl (C=O) groups is 1. The third-order valence-electron chi connectivity index (χ3n) is 3.46. The molecule has 2 aromatic rings. The van der Waals surface area contributed by atoms with Crippen molar-refractivity contribution >= 4 is 29.0 Å². The number of hydrazine groups is 1. The minimum Gasteiger partial charge on any atom is -0.478 e. The van der Waals surface area contributed by atoms with Crippen molar-refractivity contribution < 1.29 is 14.6 Å². The highest BCUT2D eigenvalue weighted by Crippen LogP contribution is 2.34. The first-order valence-corrected chi connectivity index (χ1v) is 8.24. The molecule has 0 heterocycles. The number of hydrogen-bond donors (Lipinski definition) is 2. The molecule has 0 spiro atoms. The van der Waals surface area contributed by atoms with Crippen LogP contribution in [0.5, 0.6) is 5.75 Å². The molecule has 0 aliphatic carbocycles. The molecule has 7 heteroatoms. The fraction of sp³-hybridized carbons (Fsp3) is 0.158. The first-order valence-electron chi connectivity index (χ1n) is 7.86. The second-order valence-electron chi connectivity index (χ2n) is 5.53. The highest BCUT2D eigenvalue weighted by atomic mass is 35.5. The molecule has 0 aliphatic rings. The standard InChI is InChI=1S/C19H20ClN3O3/c1-3-7-13(2)22-23(21)16-12-15(20)10-11-17(16)26-18(19(24)25)14-8-5-4-6-9-14/h3-6,8-12,18H,1,7,21H2,2H3,(H,24,25)/b22-13-/t18-/m0/s1. The molecule has 3 N–H and O–H groups in total. The van der Waals surface area contributed by atoms with Gasteiger partial charge in [-0.1, -0.05) is 48.0 Å². The van der Waals surface area contributed by atoms with Crippen LogP contribution in [-0.4, -0.2) is 16.8 Å². The number of rotatable bonds is 8. The molecule has 26 heavy (non-hydrogen) atoms. The van der Waals surface area contributed by atoms with Crippen LogP contribution >= 0.6 is 11.6 Å². The van der Waals surface area contributed by atoms with E-state index in [-0.39, 0.29) is 5.75 Å². The smallest absolute Gasteiger partial charge is 0.349 e. The van der Waals surface area contributed by atoms with Crippen molar-refractivity contribution in [3.8, 4) is 5.75 Å². The predicted molar refractivity (Wildman–Crippen MR) is 103 cm³/mol. The Balaban J connectivity index is 2.38. The molecule has 0 radical (unpaired) electrons. The zero-order valence-electron chi connectivity index (χ0n) is 14.3. The molecule has 1 atom stereocenters. The summed E-state index contributed by atoms with van der Waals surface area (Å²) < 4.78 is 5.74. The lowest BCUT2D eigenvalue weighted by Crippen LogP contribution is -2.27. The number of aliphatic carboxylic acids is 1. The van der Waals surface area contributed by atoms with Crippen LogP contribution in [0.25, 0.3) is 0 Å². The summed E-state index contributed by atoms with van der Waals surface area (Å²) >= 11 is 6.06. The summed E-state index contributed by atoms with van der Waals surface area (Å²) in [6, 6.07) is 13.4. The van der Waals surface area contributed by atoms with Gasteiger partial charge in [-0.2, -0.15) is 10.2 Å². The first-order chi connectivity index (χ1) is 12.4. The number of ether oxygens (including phenoxy) is 1. The number of benzene rings is 2. The lowest BCUT2D eigenvalue weighted by atomic mass is 10.1. The average Bonchev–Trinajstić information content (AvgIpc) is 2.61. The number of carboxylic acid groups (broad SMARTS) is 1. The Hall–Kier alpha value is -2.83. The van der Waals surface area contributed by atoms with E-state index < -0.39 is 12.1 Å². The number of nitrogens with zero attached hydrogens (tertiary/aromatic N) is 2. The van der Waals surface area contributed by atoms with Gasteiger partial charge in [-0.05, 0) is 25.1 Å². The van der Waals surface area contributed by atoms with Crippen LogP contribution in [-0.2, 0) is 4.79 Å². The van der Waals surface area contributed by atoms with Crippen LogP contribution in [0.3, 0.4) is 0 Å². The molecule has 0 aliphatic heterocycles. The third kappa shape index (κ3) is 5.08. The van der Waals surface area contributed by atoms with E-state index >= 15 is 0 Å². The van der Waals surface area contributed by atoms with Crippen molar-refractivity contribution in [3.63, 3.8) is 0 Å². The van der Waals surface area contributed by atoms with Gasteiger partial charge in [0.25, 0.3) is 0 Å². The van der Waals surface area contributed by atoms with E-state index in [0.29, 0.717) is 22.7 Å². The maximum Gasteiger partial charge on any atom is 0.349 e. The van der Waals surface area contributed by atoms with Gasteiger partial charge < -0.3 is 9.84 Å². The largest absolute Gasteiger partial charge is 0.478 e. The third-order valence-corrected chi connectivity index (χ3v) is 3.69. The van der Waals surface area contributed by atoms with Crippen molar-refractivity contribution in [3.05, 3.63) is 71.8 Å². The van der Waals surface area contributed by atoms with E-state index in [4.69, 9.17) is 22.2 Å². The second-order valence-corrected chi connectivity index (χ2v) is 5.97. The van der Waals surface area contributed by atoms with Crippen LogP contribution < -0.4 is 15.7 Å². The number of nitrogens with two attached hydrogens (primary N) is 1. The molecule has 0 amide bonds. The molecular weight excluding hydrogens is 354 g/mol. The maximum atomic E-state index is 11.7. The molecule has 2 aromatic carbocycles. The molecule has 0 saturated carbocycles. The van der Waals surface area contributed by atoms with E-state index in [1.165, 1.54) is 0 Å². The number of allylic oxidation sites excluding steroid dienone is 1. The van der Waals surface area contributed by atoms with Crippen molar-refractivity contribution in [1.82, 2.24) is 0 Å². The van der Waals surface area contributed by atoms with Crippen LogP contribution in [0, 0.1) is 0 Å². The Labute approximate surface area is 157 Å². The van der Waals surface area contributed by atoms with Gasteiger partial charge in [-0.3, -0.25) is 0 Å². The summed E-state index contributed by atoms with van der Waals surface area (Å²) in [5.74, 6) is 5.15. The van der Waals surface area contributed by atoms with Crippen LogP contribution in [0.15, 0.2) is 66.3 Å². The summed E-state index contributed by atoms with van der Waals surface area (Å²) in [5, 5.41) is 15.3. The van der Waals surface area contributed by atoms with E-state index in [1.807, 2.05) is 0 Å². The van der Waals surface area contributed by atoms with E-state index in [2.05, 4.69) is 11.7 Å². The molecule has 2 rings (SSSR count). The van der Waals surface area contributed by atoms with E-state index in [1.54, 1.807) is 61.5 Å². The van der Waals surface area contributed by atoms with Crippen molar-refractivity contribution in [2.24, 2.45) is 10.9 Å². The van der Waals surface area contributed by atoms with Crippen molar-refractivity contribution in [2.45, 2.75) is 19.4 Å². The van der Waals surface area contributed by atoms with Crippen LogP contribution in [0.2, 0.25) is 5.02 Å². The van der Waals surface area contributed by atoms with Crippen molar-refractivity contribution in [2.75, 3.05) is 5.12 Å². The fourth-order valence-electron chi connectivity index (χ4n) is 2.27. The van der Waals surface area contributed by atoms with Gasteiger partial charge >= 0.3 is 5.97 Å². The van der Waals surface area contributed by atoms with Crippen LogP contribution in [0.4, 0.5) is 5.69 Å². The Morgan fingerprint density at radius 1 is 1.38 bits per heavy atom. The highest BCUT2D eigenvalue weighted by molar-refractivity contribution is 6.30. The van der Waals surface area contributed by atoms with Gasteiger partial charge in [0.1, 0.15) is 11.4 Å². The number of hydrogen-bond acceptors (Lipinski definition) is 5.